The molecule has 1 aromatic heterocycles. The zero-order valence-electron chi connectivity index (χ0n) is 24.3. The van der Waals surface area contributed by atoms with Crippen molar-refractivity contribution in [1.82, 2.24) is 15.0 Å². The van der Waals surface area contributed by atoms with Crippen LogP contribution in [-0.2, 0) is 44.2 Å². The molecular formula is C31H35N5O7. The highest BCUT2D eigenvalue weighted by Crippen LogP contribution is 2.47. The Morgan fingerprint density at radius 1 is 1.21 bits per heavy atom. The molecule has 226 valence electrons. The van der Waals surface area contributed by atoms with Crippen LogP contribution in [0, 0.1) is 5.92 Å². The molecule has 2 aliphatic heterocycles. The number of aliphatic hydroxyl groups is 2. The first-order chi connectivity index (χ1) is 20.6. The minimum absolute atomic E-state index is 0.00892. The normalized spacial score (nSPS) is 20.3. The fourth-order valence-electron chi connectivity index (χ4n) is 5.46. The summed E-state index contributed by atoms with van der Waals surface area (Å²) in [6, 6.07) is 12.3. The molecule has 3 atom stereocenters. The highest BCUT2D eigenvalue weighted by Gasteiger charge is 2.52. The fraction of sp³-hybridized carbons (Fsp3) is 0.387. The van der Waals surface area contributed by atoms with E-state index in [-0.39, 0.29) is 25.5 Å². The monoisotopic (exact) mass is 589 g/mol. The summed E-state index contributed by atoms with van der Waals surface area (Å²) in [5.74, 6) is -1.08. The number of carbonyl (C=O) groups is 3. The Kier molecular flexibility index (Phi) is 8.60. The lowest BCUT2D eigenvalue weighted by Crippen LogP contribution is -2.54. The van der Waals surface area contributed by atoms with Gasteiger partial charge in [0.2, 0.25) is 5.91 Å². The van der Waals surface area contributed by atoms with Gasteiger partial charge < -0.3 is 24.6 Å². The summed E-state index contributed by atoms with van der Waals surface area (Å²) < 4.78 is 12.3. The standard InChI is InChI=1S/C31H35N5O7/c1-20(6-4-5-14-34-19-23(13-15-37)32-33-34)31(41)26-16-25(42-3)11-12-27(26)35(30(31)40)18-22-7-9-24(10-8-22)36-28(39)17-29(36)43-21(2)38/h4,6-12,16,19-20,29,37,41H,5,13-15,17-18H2,1-3H3/b6-4+/t20-,29?,31+/m1/s1. The number of benzene rings is 2. The molecule has 3 aromatic rings. The first-order valence-electron chi connectivity index (χ1n) is 14.1. The van der Waals surface area contributed by atoms with Gasteiger partial charge in [-0.2, -0.15) is 0 Å². The molecule has 0 saturated carbocycles. The largest absolute Gasteiger partial charge is 0.497 e. The van der Waals surface area contributed by atoms with Crippen molar-refractivity contribution in [3.05, 3.63) is 77.6 Å². The quantitative estimate of drug-likeness (QED) is 0.185. The maximum absolute atomic E-state index is 13.9. The first kappa shape index (κ1) is 29.9. The summed E-state index contributed by atoms with van der Waals surface area (Å²) in [7, 11) is 1.53. The summed E-state index contributed by atoms with van der Waals surface area (Å²) in [6.45, 7) is 3.87. The number of esters is 1. The zero-order valence-corrected chi connectivity index (χ0v) is 24.3. The van der Waals surface area contributed by atoms with Gasteiger partial charge in [0.05, 0.1) is 31.5 Å². The van der Waals surface area contributed by atoms with E-state index in [0.717, 1.165) is 5.56 Å². The van der Waals surface area contributed by atoms with E-state index in [1.54, 1.807) is 65.2 Å². The molecule has 43 heavy (non-hydrogen) atoms. The maximum Gasteiger partial charge on any atom is 0.304 e. The summed E-state index contributed by atoms with van der Waals surface area (Å²) in [6.07, 6.45) is 6.09. The van der Waals surface area contributed by atoms with E-state index < -0.39 is 29.6 Å². The third kappa shape index (κ3) is 5.88. The van der Waals surface area contributed by atoms with E-state index in [1.165, 1.54) is 18.9 Å². The Bertz CT molecular complexity index is 1540. The number of anilines is 2. The SMILES string of the molecule is COc1ccc2c(c1)[C@@](O)([C@H](C)/C=C/CCn1cc(CCO)nn1)C(=O)N2Cc1ccc(N2C(=O)CC2OC(C)=O)cc1. The Labute approximate surface area is 249 Å². The number of methoxy groups -OCH3 is 1. The van der Waals surface area contributed by atoms with Gasteiger partial charge in [-0.25, -0.2) is 0 Å². The van der Waals surface area contributed by atoms with E-state index in [2.05, 4.69) is 10.3 Å². The maximum atomic E-state index is 13.9. The Balaban J connectivity index is 1.32. The number of rotatable bonds is 12. The van der Waals surface area contributed by atoms with Gasteiger partial charge in [-0.05, 0) is 42.3 Å². The van der Waals surface area contributed by atoms with Gasteiger partial charge in [0.15, 0.2) is 11.8 Å². The minimum atomic E-state index is -1.82. The number of carbonyl (C=O) groups excluding carboxylic acids is 3. The molecule has 2 aromatic carbocycles. The molecular weight excluding hydrogens is 554 g/mol. The molecule has 0 bridgehead atoms. The molecule has 2 N–H and O–H groups in total. The number of hydrogen-bond acceptors (Lipinski definition) is 9. The minimum Gasteiger partial charge on any atom is -0.497 e. The summed E-state index contributed by atoms with van der Waals surface area (Å²) in [5, 5.41) is 29.1. The molecule has 12 nitrogen and oxygen atoms in total. The van der Waals surface area contributed by atoms with Crippen molar-refractivity contribution >= 4 is 29.2 Å². The van der Waals surface area contributed by atoms with Crippen molar-refractivity contribution in [2.45, 2.75) is 58.0 Å². The highest BCUT2D eigenvalue weighted by atomic mass is 16.6. The second kappa shape index (κ2) is 12.4. The third-order valence-electron chi connectivity index (χ3n) is 7.80. The van der Waals surface area contributed by atoms with Crippen LogP contribution in [0.1, 0.15) is 43.5 Å². The van der Waals surface area contributed by atoms with Crippen LogP contribution in [0.2, 0.25) is 0 Å². The number of fused-ring (bicyclic) bond motifs is 1. The van der Waals surface area contributed by atoms with Crippen molar-refractivity contribution < 1.29 is 34.1 Å². The third-order valence-corrected chi connectivity index (χ3v) is 7.80. The molecule has 5 rings (SSSR count). The summed E-state index contributed by atoms with van der Waals surface area (Å²) in [5.41, 5.74) is 1.33. The van der Waals surface area contributed by atoms with Crippen LogP contribution in [0.3, 0.4) is 0 Å². The lowest BCUT2D eigenvalue weighted by atomic mass is 9.83. The molecule has 0 radical (unpaired) electrons. The lowest BCUT2D eigenvalue weighted by molar-refractivity contribution is -0.153. The average Bonchev–Trinajstić information content (AvgIpc) is 3.52. The van der Waals surface area contributed by atoms with Gasteiger partial charge in [0.1, 0.15) is 5.75 Å². The predicted molar refractivity (Wildman–Crippen MR) is 156 cm³/mol. The van der Waals surface area contributed by atoms with Crippen LogP contribution in [0.15, 0.2) is 60.8 Å². The van der Waals surface area contributed by atoms with Crippen LogP contribution < -0.4 is 14.5 Å². The molecule has 0 spiro atoms. The summed E-state index contributed by atoms with van der Waals surface area (Å²) in [4.78, 5) is 40.4. The molecule has 12 heteroatoms. The van der Waals surface area contributed by atoms with Crippen molar-refractivity contribution in [1.29, 1.82) is 0 Å². The number of aryl methyl sites for hydroxylation is 1. The van der Waals surface area contributed by atoms with E-state index in [0.29, 0.717) is 47.8 Å². The van der Waals surface area contributed by atoms with E-state index in [9.17, 15) is 19.5 Å². The predicted octanol–water partition coefficient (Wildman–Crippen LogP) is 2.46. The number of aliphatic hydroxyl groups excluding tert-OH is 1. The smallest absolute Gasteiger partial charge is 0.304 e. The molecule has 2 amide bonds. The first-order valence-corrected chi connectivity index (χ1v) is 14.1. The number of allylic oxidation sites excluding steroid dienone is 1. The molecule has 2 aliphatic rings. The molecule has 1 unspecified atom stereocenters. The van der Waals surface area contributed by atoms with Gasteiger partial charge in [-0.3, -0.25) is 24.0 Å². The van der Waals surface area contributed by atoms with Crippen LogP contribution >= 0.6 is 0 Å². The molecule has 0 aliphatic carbocycles. The number of ether oxygens (including phenoxy) is 2. The zero-order chi connectivity index (χ0) is 30.7. The Hall–Kier alpha value is -4.55. The Morgan fingerprint density at radius 3 is 2.65 bits per heavy atom. The number of nitrogens with zero attached hydrogens (tertiary/aromatic N) is 5. The van der Waals surface area contributed by atoms with Crippen molar-refractivity contribution in [3.8, 4) is 5.75 Å². The van der Waals surface area contributed by atoms with E-state index in [1.807, 2.05) is 12.2 Å². The van der Waals surface area contributed by atoms with Crippen LogP contribution in [0.5, 0.6) is 5.75 Å². The summed E-state index contributed by atoms with van der Waals surface area (Å²) >= 11 is 0. The number of hydrogen-bond donors (Lipinski definition) is 2. The van der Waals surface area contributed by atoms with Crippen LogP contribution in [0.4, 0.5) is 11.4 Å². The van der Waals surface area contributed by atoms with E-state index >= 15 is 0 Å². The van der Waals surface area contributed by atoms with Gasteiger partial charge in [-0.1, -0.05) is 36.4 Å². The van der Waals surface area contributed by atoms with Gasteiger partial charge in [0.25, 0.3) is 5.91 Å². The van der Waals surface area contributed by atoms with Gasteiger partial charge >= 0.3 is 5.97 Å². The van der Waals surface area contributed by atoms with Gasteiger partial charge in [-0.15, -0.1) is 5.10 Å². The van der Waals surface area contributed by atoms with Crippen LogP contribution in [0.25, 0.3) is 0 Å². The number of aromatic nitrogens is 3. The van der Waals surface area contributed by atoms with Crippen molar-refractivity contribution in [3.63, 3.8) is 0 Å². The molecule has 3 heterocycles. The fourth-order valence-corrected chi connectivity index (χ4v) is 5.46. The van der Waals surface area contributed by atoms with Crippen LogP contribution in [-0.4, -0.2) is 62.9 Å². The number of β-lactam (4-membered cyclic amide) rings is 1. The van der Waals surface area contributed by atoms with E-state index in [4.69, 9.17) is 14.6 Å². The average molecular weight is 590 g/mol. The lowest BCUT2D eigenvalue weighted by Gasteiger charge is -2.39. The second-order valence-corrected chi connectivity index (χ2v) is 10.7. The topological polar surface area (TPSA) is 147 Å². The second-order valence-electron chi connectivity index (χ2n) is 10.7. The van der Waals surface area contributed by atoms with Crippen molar-refractivity contribution in [2.24, 2.45) is 5.92 Å². The number of amides is 2. The highest BCUT2D eigenvalue weighted by molar-refractivity contribution is 6.07. The van der Waals surface area contributed by atoms with Gasteiger partial charge in [0, 0.05) is 49.9 Å². The Morgan fingerprint density at radius 2 is 1.98 bits per heavy atom. The van der Waals surface area contributed by atoms with Crippen molar-refractivity contribution in [2.75, 3.05) is 23.5 Å². The molecule has 1 fully saturated rings. The molecule has 1 saturated heterocycles.